The molecule has 2 atom stereocenters. The Bertz CT molecular complexity index is 417. The second-order valence-corrected chi connectivity index (χ2v) is 5.83. The lowest BCUT2D eigenvalue weighted by Gasteiger charge is -2.34. The fourth-order valence-corrected chi connectivity index (χ4v) is 2.84. The van der Waals surface area contributed by atoms with Gasteiger partial charge in [0.05, 0.1) is 6.61 Å². The van der Waals surface area contributed by atoms with E-state index in [0.717, 1.165) is 19.1 Å². The van der Waals surface area contributed by atoms with Gasteiger partial charge in [0.15, 0.2) is 0 Å². The molecule has 1 aliphatic rings. The molecule has 1 N–H and O–H groups in total. The number of methoxy groups -OCH3 is 1. The van der Waals surface area contributed by atoms with E-state index in [-0.39, 0.29) is 0 Å². The molecule has 0 spiro atoms. The Labute approximate surface area is 123 Å². The van der Waals surface area contributed by atoms with Crippen molar-refractivity contribution >= 4 is 5.69 Å². The Kier molecular flexibility index (Phi) is 5.44. The Morgan fingerprint density at radius 2 is 2.00 bits per heavy atom. The fourth-order valence-electron chi connectivity index (χ4n) is 2.84. The van der Waals surface area contributed by atoms with E-state index in [2.05, 4.69) is 48.3 Å². The summed E-state index contributed by atoms with van der Waals surface area (Å²) in [5.41, 5.74) is 2.73. The van der Waals surface area contributed by atoms with Crippen molar-refractivity contribution in [2.24, 2.45) is 5.92 Å². The highest BCUT2D eigenvalue weighted by Crippen LogP contribution is 2.38. The third-order valence-corrected chi connectivity index (χ3v) is 4.48. The van der Waals surface area contributed by atoms with Crippen molar-refractivity contribution in [1.29, 1.82) is 0 Å². The molecule has 0 radical (unpaired) electrons. The summed E-state index contributed by atoms with van der Waals surface area (Å²) in [4.78, 5) is 2.53. The molecule has 2 unspecified atom stereocenters. The van der Waals surface area contributed by atoms with Crippen molar-refractivity contribution < 1.29 is 4.74 Å². The Morgan fingerprint density at radius 1 is 1.30 bits per heavy atom. The number of nitrogens with zero attached hydrogens (tertiary/aromatic N) is 1. The average Bonchev–Trinajstić information content (AvgIpc) is 3.31. The van der Waals surface area contributed by atoms with Gasteiger partial charge in [-0.1, -0.05) is 18.2 Å². The highest BCUT2D eigenvalue weighted by atomic mass is 16.5. The van der Waals surface area contributed by atoms with Gasteiger partial charge in [0, 0.05) is 31.4 Å². The van der Waals surface area contributed by atoms with E-state index in [0.29, 0.717) is 12.1 Å². The van der Waals surface area contributed by atoms with Crippen LogP contribution in [-0.2, 0) is 4.74 Å². The second-order valence-electron chi connectivity index (χ2n) is 5.83. The summed E-state index contributed by atoms with van der Waals surface area (Å²) >= 11 is 0. The van der Waals surface area contributed by atoms with Crippen LogP contribution in [0, 0.1) is 5.92 Å². The van der Waals surface area contributed by atoms with Crippen molar-refractivity contribution in [2.75, 3.05) is 32.2 Å². The first-order valence-electron chi connectivity index (χ1n) is 7.70. The van der Waals surface area contributed by atoms with Crippen LogP contribution in [0.3, 0.4) is 0 Å². The summed E-state index contributed by atoms with van der Waals surface area (Å²) < 4.78 is 5.31. The van der Waals surface area contributed by atoms with Crippen LogP contribution in [-0.4, -0.2) is 33.4 Å². The molecule has 0 aromatic heterocycles. The molecule has 1 aromatic carbocycles. The standard InChI is InChI=1S/C17H28N2O/c1-13(18-3)16-7-5-6-8-17(16)19(11-12-20-4)14(2)15-9-10-15/h5-8,13-15,18H,9-12H2,1-4H3. The quantitative estimate of drug-likeness (QED) is 0.789. The van der Waals surface area contributed by atoms with Crippen molar-refractivity contribution in [3.63, 3.8) is 0 Å². The molecule has 20 heavy (non-hydrogen) atoms. The van der Waals surface area contributed by atoms with Crippen LogP contribution in [0.5, 0.6) is 0 Å². The van der Waals surface area contributed by atoms with E-state index in [1.54, 1.807) is 7.11 Å². The molecule has 0 heterocycles. The summed E-state index contributed by atoms with van der Waals surface area (Å²) in [6, 6.07) is 9.70. The maximum Gasteiger partial charge on any atom is 0.0637 e. The third-order valence-electron chi connectivity index (χ3n) is 4.48. The van der Waals surface area contributed by atoms with Gasteiger partial charge in [0.25, 0.3) is 0 Å². The number of para-hydroxylation sites is 1. The molecule has 1 aromatic rings. The highest BCUT2D eigenvalue weighted by Gasteiger charge is 2.32. The second kappa shape index (κ2) is 7.09. The summed E-state index contributed by atoms with van der Waals surface area (Å²) in [6.45, 7) is 6.31. The molecule has 0 amide bonds. The van der Waals surface area contributed by atoms with Gasteiger partial charge in [0.2, 0.25) is 0 Å². The lowest BCUT2D eigenvalue weighted by atomic mass is 10.0. The Hall–Kier alpha value is -1.06. The maximum absolute atomic E-state index is 5.31. The molecule has 0 bridgehead atoms. The van der Waals surface area contributed by atoms with Crippen molar-refractivity contribution in [3.05, 3.63) is 29.8 Å². The topological polar surface area (TPSA) is 24.5 Å². The van der Waals surface area contributed by atoms with Gasteiger partial charge in [-0.2, -0.15) is 0 Å². The first kappa shape index (κ1) is 15.3. The van der Waals surface area contributed by atoms with Crippen LogP contribution in [0.2, 0.25) is 0 Å². The molecule has 1 aliphatic carbocycles. The van der Waals surface area contributed by atoms with Gasteiger partial charge in [0.1, 0.15) is 0 Å². The predicted octanol–water partition coefficient (Wildman–Crippen LogP) is 3.22. The summed E-state index contributed by atoms with van der Waals surface area (Å²) in [5, 5.41) is 3.36. The minimum atomic E-state index is 0.364. The number of benzene rings is 1. The predicted molar refractivity (Wildman–Crippen MR) is 85.3 cm³/mol. The maximum atomic E-state index is 5.31. The van der Waals surface area contributed by atoms with Crippen LogP contribution in [0.25, 0.3) is 0 Å². The van der Waals surface area contributed by atoms with Crippen LogP contribution in [0.1, 0.15) is 38.3 Å². The van der Waals surface area contributed by atoms with Crippen molar-refractivity contribution in [1.82, 2.24) is 5.32 Å². The number of nitrogens with one attached hydrogen (secondary N) is 1. The van der Waals surface area contributed by atoms with E-state index in [9.17, 15) is 0 Å². The minimum absolute atomic E-state index is 0.364. The van der Waals surface area contributed by atoms with Crippen molar-refractivity contribution in [2.45, 2.75) is 38.8 Å². The Morgan fingerprint density at radius 3 is 2.60 bits per heavy atom. The monoisotopic (exact) mass is 276 g/mol. The number of rotatable bonds is 8. The van der Waals surface area contributed by atoms with Crippen molar-refractivity contribution in [3.8, 4) is 0 Å². The normalized spacial score (nSPS) is 17.8. The Balaban J connectivity index is 2.26. The van der Waals surface area contributed by atoms with Crippen LogP contribution in [0.4, 0.5) is 5.69 Å². The minimum Gasteiger partial charge on any atom is -0.383 e. The van der Waals surface area contributed by atoms with Gasteiger partial charge >= 0.3 is 0 Å². The third kappa shape index (κ3) is 3.53. The number of hydrogen-bond donors (Lipinski definition) is 1. The summed E-state index contributed by atoms with van der Waals surface area (Å²) in [6.07, 6.45) is 2.74. The average molecular weight is 276 g/mol. The first-order valence-corrected chi connectivity index (χ1v) is 7.70. The van der Waals surface area contributed by atoms with E-state index in [4.69, 9.17) is 4.74 Å². The number of ether oxygens (including phenoxy) is 1. The molecule has 1 fully saturated rings. The fraction of sp³-hybridized carbons (Fsp3) is 0.647. The van der Waals surface area contributed by atoms with Crippen LogP contribution >= 0.6 is 0 Å². The molecular weight excluding hydrogens is 248 g/mol. The van der Waals surface area contributed by atoms with E-state index < -0.39 is 0 Å². The SMILES string of the molecule is CNC(C)c1ccccc1N(CCOC)C(C)C1CC1. The van der Waals surface area contributed by atoms with Crippen LogP contribution in [0.15, 0.2) is 24.3 Å². The molecule has 0 saturated heterocycles. The first-order chi connectivity index (χ1) is 9.69. The molecular formula is C17H28N2O. The smallest absolute Gasteiger partial charge is 0.0637 e. The molecule has 0 aliphatic heterocycles. The summed E-state index contributed by atoms with van der Waals surface area (Å²) in [7, 11) is 3.80. The molecule has 2 rings (SSSR count). The van der Waals surface area contributed by atoms with Crippen LogP contribution < -0.4 is 10.2 Å². The lowest BCUT2D eigenvalue weighted by Crippen LogP contribution is -2.38. The lowest BCUT2D eigenvalue weighted by molar-refractivity contribution is 0.202. The van der Waals surface area contributed by atoms with E-state index in [1.165, 1.54) is 24.1 Å². The molecule has 112 valence electrons. The van der Waals surface area contributed by atoms with Gasteiger partial charge in [-0.3, -0.25) is 0 Å². The zero-order chi connectivity index (χ0) is 14.5. The number of hydrogen-bond acceptors (Lipinski definition) is 3. The molecule has 3 nitrogen and oxygen atoms in total. The number of anilines is 1. The van der Waals surface area contributed by atoms with E-state index in [1.807, 2.05) is 7.05 Å². The zero-order valence-electron chi connectivity index (χ0n) is 13.2. The molecule has 3 heteroatoms. The summed E-state index contributed by atoms with van der Waals surface area (Å²) in [5.74, 6) is 0.852. The largest absolute Gasteiger partial charge is 0.383 e. The zero-order valence-corrected chi connectivity index (χ0v) is 13.2. The highest BCUT2D eigenvalue weighted by molar-refractivity contribution is 5.56. The van der Waals surface area contributed by atoms with Gasteiger partial charge < -0.3 is 15.0 Å². The molecule has 1 saturated carbocycles. The van der Waals surface area contributed by atoms with E-state index >= 15 is 0 Å². The van der Waals surface area contributed by atoms with Gasteiger partial charge in [-0.25, -0.2) is 0 Å². The van der Waals surface area contributed by atoms with Gasteiger partial charge in [-0.15, -0.1) is 0 Å². The van der Waals surface area contributed by atoms with Gasteiger partial charge in [-0.05, 0) is 51.3 Å².